The van der Waals surface area contributed by atoms with Crippen LogP contribution in [0.15, 0.2) is 54.7 Å². The third-order valence-corrected chi connectivity index (χ3v) is 5.20. The van der Waals surface area contributed by atoms with E-state index in [9.17, 15) is 14.0 Å². The van der Waals surface area contributed by atoms with Gasteiger partial charge in [-0.05, 0) is 24.6 Å². The molecule has 3 heterocycles. The highest BCUT2D eigenvalue weighted by atomic mass is 19.1. The maximum absolute atomic E-state index is 14.2. The van der Waals surface area contributed by atoms with E-state index < -0.39 is 12.2 Å². The van der Waals surface area contributed by atoms with Crippen LogP contribution >= 0.6 is 0 Å². The number of nitrogens with one attached hydrogen (secondary N) is 1. The highest BCUT2D eigenvalue weighted by Crippen LogP contribution is 2.23. The fourth-order valence-electron chi connectivity index (χ4n) is 3.67. The molecule has 31 heavy (non-hydrogen) atoms. The first kappa shape index (κ1) is 20.6. The van der Waals surface area contributed by atoms with Crippen molar-refractivity contribution in [2.45, 2.75) is 38.6 Å². The molecule has 9 heteroatoms. The van der Waals surface area contributed by atoms with Crippen LogP contribution in [0, 0.1) is 6.92 Å². The highest BCUT2D eigenvalue weighted by molar-refractivity contribution is 5.93. The van der Waals surface area contributed by atoms with Gasteiger partial charge in [-0.25, -0.2) is 14.1 Å². The van der Waals surface area contributed by atoms with E-state index >= 15 is 0 Å². The average molecular weight is 422 g/mol. The van der Waals surface area contributed by atoms with Crippen molar-refractivity contribution in [3.63, 3.8) is 0 Å². The summed E-state index contributed by atoms with van der Waals surface area (Å²) in [5.74, 6) is -0.656. The summed E-state index contributed by atoms with van der Waals surface area (Å²) in [5.41, 5.74) is 2.16. The van der Waals surface area contributed by atoms with Crippen LogP contribution in [-0.2, 0) is 13.1 Å². The van der Waals surface area contributed by atoms with Crippen molar-refractivity contribution >= 4 is 11.8 Å². The summed E-state index contributed by atoms with van der Waals surface area (Å²) in [5, 5.41) is 10.7. The molecule has 1 saturated heterocycles. The first-order chi connectivity index (χ1) is 15.0. The number of alkyl halides is 1. The number of benzene rings is 1. The molecular weight excluding hydrogens is 399 g/mol. The zero-order valence-electron chi connectivity index (χ0n) is 17.1. The van der Waals surface area contributed by atoms with Gasteiger partial charge in [0.2, 0.25) is 0 Å². The Bertz CT molecular complexity index is 1070. The molecule has 0 bridgehead atoms. The lowest BCUT2D eigenvalue weighted by atomic mass is 10.2. The second-order valence-corrected chi connectivity index (χ2v) is 7.60. The van der Waals surface area contributed by atoms with Gasteiger partial charge in [-0.15, -0.1) is 5.10 Å². The van der Waals surface area contributed by atoms with E-state index in [1.165, 1.54) is 15.8 Å². The Hall–Kier alpha value is -3.62. The molecule has 1 aliphatic rings. The number of hydrogen-bond acceptors (Lipinski definition) is 5. The Labute approximate surface area is 179 Å². The molecule has 160 valence electrons. The fourth-order valence-corrected chi connectivity index (χ4v) is 3.67. The lowest BCUT2D eigenvalue weighted by molar-refractivity contribution is 0.0708. The number of likely N-dealkylation sites (tertiary alicyclic amines) is 1. The van der Waals surface area contributed by atoms with Crippen molar-refractivity contribution in [3.8, 4) is 0 Å². The maximum atomic E-state index is 14.2. The van der Waals surface area contributed by atoms with E-state index in [1.807, 2.05) is 30.3 Å². The Kier molecular flexibility index (Phi) is 6.01. The Balaban J connectivity index is 1.40. The van der Waals surface area contributed by atoms with Crippen LogP contribution < -0.4 is 5.32 Å². The molecule has 4 rings (SSSR count). The number of amides is 2. The van der Waals surface area contributed by atoms with Gasteiger partial charge in [0.15, 0.2) is 5.69 Å². The van der Waals surface area contributed by atoms with E-state index in [4.69, 9.17) is 0 Å². The van der Waals surface area contributed by atoms with Crippen molar-refractivity contribution < 1.29 is 14.0 Å². The summed E-state index contributed by atoms with van der Waals surface area (Å²) >= 11 is 0. The lowest BCUT2D eigenvalue weighted by Crippen LogP contribution is -2.38. The predicted octanol–water partition coefficient (Wildman–Crippen LogP) is 2.16. The summed E-state index contributed by atoms with van der Waals surface area (Å²) in [7, 11) is 0. The summed E-state index contributed by atoms with van der Waals surface area (Å²) in [6, 6.07) is 14.3. The van der Waals surface area contributed by atoms with Gasteiger partial charge in [0.05, 0.1) is 25.3 Å². The summed E-state index contributed by atoms with van der Waals surface area (Å²) in [6.45, 7) is 2.44. The number of halogens is 1. The molecule has 0 saturated carbocycles. The molecule has 8 nitrogen and oxygen atoms in total. The van der Waals surface area contributed by atoms with Gasteiger partial charge < -0.3 is 10.2 Å². The van der Waals surface area contributed by atoms with Crippen LogP contribution in [-0.4, -0.2) is 55.5 Å². The van der Waals surface area contributed by atoms with Crippen LogP contribution in [0.25, 0.3) is 0 Å². The minimum absolute atomic E-state index is 0.0121. The van der Waals surface area contributed by atoms with Crippen molar-refractivity contribution in [1.82, 2.24) is 30.2 Å². The van der Waals surface area contributed by atoms with Crippen LogP contribution in [0.3, 0.4) is 0 Å². The standard InChI is InChI=1S/C22H23FN6O2/c1-15-6-5-9-19(25-15)22(31)29-12-17(23)10-18(29)13-28-14-20(26-27-28)21(30)24-11-16-7-3-2-4-8-16/h2-9,14,17-18H,10-13H2,1H3,(H,24,30). The molecule has 1 aromatic carbocycles. The number of hydrogen-bond donors (Lipinski definition) is 1. The number of aromatic nitrogens is 4. The zero-order chi connectivity index (χ0) is 21.8. The van der Waals surface area contributed by atoms with E-state index in [0.29, 0.717) is 12.2 Å². The van der Waals surface area contributed by atoms with E-state index in [1.54, 1.807) is 25.1 Å². The molecule has 2 atom stereocenters. The SMILES string of the molecule is Cc1cccc(C(=O)N2CC(F)CC2Cn2cc(C(=O)NCc3ccccc3)nn2)n1. The highest BCUT2D eigenvalue weighted by Gasteiger charge is 2.36. The van der Waals surface area contributed by atoms with E-state index in [2.05, 4.69) is 20.6 Å². The molecule has 1 N–H and O–H groups in total. The number of nitrogens with zero attached hydrogens (tertiary/aromatic N) is 5. The van der Waals surface area contributed by atoms with E-state index in [0.717, 1.165) is 11.3 Å². The quantitative estimate of drug-likeness (QED) is 0.657. The number of aryl methyl sites for hydroxylation is 1. The molecule has 0 spiro atoms. The van der Waals surface area contributed by atoms with Gasteiger partial charge in [0.25, 0.3) is 11.8 Å². The molecule has 0 radical (unpaired) electrons. The molecule has 1 fully saturated rings. The fraction of sp³-hybridized carbons (Fsp3) is 0.318. The average Bonchev–Trinajstić information content (AvgIpc) is 3.39. The molecule has 2 unspecified atom stereocenters. The van der Waals surface area contributed by atoms with Crippen molar-refractivity contribution in [3.05, 3.63) is 77.4 Å². The van der Waals surface area contributed by atoms with Crippen molar-refractivity contribution in [2.24, 2.45) is 0 Å². The van der Waals surface area contributed by atoms with Crippen LogP contribution in [0.1, 0.15) is 38.7 Å². The largest absolute Gasteiger partial charge is 0.347 e. The monoisotopic (exact) mass is 422 g/mol. The molecule has 3 aromatic rings. The molecular formula is C22H23FN6O2. The first-order valence-electron chi connectivity index (χ1n) is 10.1. The molecule has 2 amide bonds. The minimum Gasteiger partial charge on any atom is -0.347 e. The van der Waals surface area contributed by atoms with Gasteiger partial charge >= 0.3 is 0 Å². The Morgan fingerprint density at radius 3 is 2.71 bits per heavy atom. The normalized spacial score (nSPS) is 18.2. The number of carbonyl (C=O) groups is 2. The van der Waals surface area contributed by atoms with Gasteiger partial charge in [0, 0.05) is 18.7 Å². The van der Waals surface area contributed by atoms with Crippen molar-refractivity contribution in [1.29, 1.82) is 0 Å². The molecule has 1 aliphatic heterocycles. The van der Waals surface area contributed by atoms with Crippen LogP contribution in [0.4, 0.5) is 4.39 Å². The predicted molar refractivity (Wildman–Crippen MR) is 111 cm³/mol. The lowest BCUT2D eigenvalue weighted by Gasteiger charge is -2.23. The zero-order valence-corrected chi connectivity index (χ0v) is 17.1. The summed E-state index contributed by atoms with van der Waals surface area (Å²) < 4.78 is 15.6. The maximum Gasteiger partial charge on any atom is 0.273 e. The minimum atomic E-state index is -1.11. The smallest absolute Gasteiger partial charge is 0.273 e. The van der Waals surface area contributed by atoms with E-state index in [-0.39, 0.29) is 37.0 Å². The summed E-state index contributed by atoms with van der Waals surface area (Å²) in [6.07, 6.45) is 0.600. The second kappa shape index (κ2) is 9.03. The van der Waals surface area contributed by atoms with Crippen LogP contribution in [0.2, 0.25) is 0 Å². The number of carbonyl (C=O) groups excluding carboxylic acids is 2. The Morgan fingerprint density at radius 1 is 1.13 bits per heavy atom. The molecule has 2 aromatic heterocycles. The van der Waals surface area contributed by atoms with Gasteiger partial charge in [-0.1, -0.05) is 41.6 Å². The van der Waals surface area contributed by atoms with Gasteiger partial charge in [-0.2, -0.15) is 0 Å². The van der Waals surface area contributed by atoms with Gasteiger partial charge in [-0.3, -0.25) is 9.59 Å². The molecule has 0 aliphatic carbocycles. The van der Waals surface area contributed by atoms with Gasteiger partial charge in [0.1, 0.15) is 11.9 Å². The Morgan fingerprint density at radius 2 is 1.94 bits per heavy atom. The van der Waals surface area contributed by atoms with Crippen molar-refractivity contribution in [2.75, 3.05) is 6.54 Å². The number of pyridine rings is 1. The third kappa shape index (κ3) is 4.93. The second-order valence-electron chi connectivity index (χ2n) is 7.60. The topological polar surface area (TPSA) is 93.0 Å². The number of rotatable bonds is 6. The van der Waals surface area contributed by atoms with Crippen LogP contribution in [0.5, 0.6) is 0 Å². The first-order valence-corrected chi connectivity index (χ1v) is 10.1. The summed E-state index contributed by atoms with van der Waals surface area (Å²) in [4.78, 5) is 31.0. The third-order valence-electron chi connectivity index (χ3n) is 5.20.